The van der Waals surface area contributed by atoms with E-state index in [2.05, 4.69) is 40.8 Å². The Bertz CT molecular complexity index is 1860. The van der Waals surface area contributed by atoms with Gasteiger partial charge in [0.1, 0.15) is 5.71 Å². The third-order valence-corrected chi connectivity index (χ3v) is 12.1. The average Bonchev–Trinajstić information content (AvgIpc) is 3.29. The molecule has 0 amide bonds. The van der Waals surface area contributed by atoms with Gasteiger partial charge in [-0.1, -0.05) is 121 Å². The highest BCUT2D eigenvalue weighted by Crippen LogP contribution is 2.47. The molecule has 6 rings (SSSR count). The predicted octanol–water partition coefficient (Wildman–Crippen LogP) is 6.46. The van der Waals surface area contributed by atoms with Crippen LogP contribution in [0.25, 0.3) is 0 Å². The van der Waals surface area contributed by atoms with Gasteiger partial charge in [-0.2, -0.15) is 13.3 Å². The highest BCUT2D eigenvalue weighted by atomic mass is 35.5. The Morgan fingerprint density at radius 3 is 1.64 bits per heavy atom. The molecule has 1 heterocycles. The molecule has 42 heavy (non-hydrogen) atoms. The summed E-state index contributed by atoms with van der Waals surface area (Å²) in [6.07, 6.45) is 0. The van der Waals surface area contributed by atoms with Gasteiger partial charge in [0.25, 0.3) is 10.0 Å². The monoisotopic (exact) mass is 608 g/mol. The summed E-state index contributed by atoms with van der Waals surface area (Å²) < 4.78 is 31.2. The number of nitrogens with zero attached hydrogens (tertiary/aromatic N) is 4. The molecule has 0 radical (unpaired) electrons. The number of rotatable bonds is 6. The van der Waals surface area contributed by atoms with Gasteiger partial charge in [-0.05, 0) is 30.3 Å². The summed E-state index contributed by atoms with van der Waals surface area (Å²) in [6, 6.07) is 44.0. The molecule has 208 valence electrons. The van der Waals surface area contributed by atoms with E-state index >= 15 is 0 Å². The van der Waals surface area contributed by atoms with Crippen LogP contribution in [0.4, 0.5) is 5.69 Å². The van der Waals surface area contributed by atoms with E-state index in [1.165, 1.54) is 24.3 Å². The van der Waals surface area contributed by atoms with E-state index in [-0.39, 0.29) is 10.7 Å². The van der Waals surface area contributed by atoms with Crippen molar-refractivity contribution in [2.24, 2.45) is 14.4 Å². The standard InChI is InChI=1S/C33H26ClN4O2PS/c1-38-31-20-12-11-19-30(31)32(33(38)36-42(39,40)29-23-21-25(34)22-24-29)35-37-41(26-13-5-2-6-14-26,27-15-7-3-8-16-27)28-17-9-4-10-18-28/h2-24H,1H3/b35-32+,36-33-. The number of likely N-dealkylation sites (N-methyl/N-ethyl adjacent to an activating group) is 1. The maximum absolute atomic E-state index is 13.5. The molecule has 0 bridgehead atoms. The Balaban J connectivity index is 1.65. The van der Waals surface area contributed by atoms with Crippen LogP contribution >= 0.6 is 18.7 Å². The van der Waals surface area contributed by atoms with Crippen molar-refractivity contribution in [2.75, 3.05) is 11.9 Å². The molecular formula is C33H26ClN4O2PS. The molecule has 9 heteroatoms. The number of hydrogen-bond donors (Lipinski definition) is 0. The summed E-state index contributed by atoms with van der Waals surface area (Å²) in [7, 11) is -4.98. The van der Waals surface area contributed by atoms with Crippen LogP contribution in [0.1, 0.15) is 5.56 Å². The molecule has 6 nitrogen and oxygen atoms in total. The predicted molar refractivity (Wildman–Crippen MR) is 175 cm³/mol. The molecule has 0 aromatic heterocycles. The van der Waals surface area contributed by atoms with Gasteiger partial charge < -0.3 is 4.90 Å². The maximum atomic E-state index is 13.5. The molecule has 0 saturated carbocycles. The zero-order valence-electron chi connectivity index (χ0n) is 22.6. The molecule has 0 fully saturated rings. The average molecular weight is 609 g/mol. The number of hydrogen-bond acceptors (Lipinski definition) is 3. The van der Waals surface area contributed by atoms with Gasteiger partial charge in [0.05, 0.1) is 17.6 Å². The number of fused-ring (bicyclic) bond motifs is 1. The van der Waals surface area contributed by atoms with Crippen LogP contribution < -0.4 is 20.8 Å². The molecule has 0 saturated heterocycles. The summed E-state index contributed by atoms with van der Waals surface area (Å²) >= 11 is 6.01. The topological polar surface area (TPSA) is 74.5 Å². The van der Waals surface area contributed by atoms with Gasteiger partial charge in [0.2, 0.25) is 0 Å². The lowest BCUT2D eigenvalue weighted by atomic mass is 10.1. The van der Waals surface area contributed by atoms with Gasteiger partial charge >= 0.3 is 0 Å². The lowest BCUT2D eigenvalue weighted by molar-refractivity contribution is 0.598. The second-order valence-corrected chi connectivity index (χ2v) is 14.6. The highest BCUT2D eigenvalue weighted by molar-refractivity contribution is 7.90. The van der Waals surface area contributed by atoms with Crippen LogP contribution in [-0.2, 0) is 10.0 Å². The summed E-state index contributed by atoms with van der Waals surface area (Å²) in [5.41, 5.74) is 1.93. The Morgan fingerprint density at radius 1 is 0.643 bits per heavy atom. The first-order valence-corrected chi connectivity index (χ1v) is 16.8. The normalized spacial score (nSPS) is 15.1. The van der Waals surface area contributed by atoms with Crippen molar-refractivity contribution in [1.29, 1.82) is 0 Å². The van der Waals surface area contributed by atoms with Gasteiger partial charge in [-0.3, -0.25) is 0 Å². The molecule has 0 N–H and O–H groups in total. The van der Waals surface area contributed by atoms with Crippen molar-refractivity contribution < 1.29 is 8.42 Å². The van der Waals surface area contributed by atoms with Gasteiger partial charge in [-0.15, -0.1) is 9.50 Å². The Labute approximate surface area is 250 Å². The van der Waals surface area contributed by atoms with Gasteiger partial charge in [0.15, 0.2) is 5.84 Å². The fraction of sp³-hybridized carbons (Fsp3) is 0.0303. The smallest absolute Gasteiger partial charge is 0.284 e. The molecule has 0 aliphatic carbocycles. The SMILES string of the molecule is CN1C(=N\S(=O)(=O)c2ccc(Cl)cc2)/C(=N/N=P(c2ccccc2)(c2ccccc2)c2ccccc2)c2ccccc21. The van der Waals surface area contributed by atoms with E-state index in [9.17, 15) is 8.42 Å². The molecule has 5 aromatic carbocycles. The number of halogens is 1. The molecule has 5 aromatic rings. The van der Waals surface area contributed by atoms with Crippen LogP contribution in [0.3, 0.4) is 0 Å². The Morgan fingerprint density at radius 2 is 1.12 bits per heavy atom. The minimum Gasteiger partial charge on any atom is -0.326 e. The molecule has 0 unspecified atom stereocenters. The first kappa shape index (κ1) is 27.9. The summed E-state index contributed by atoms with van der Waals surface area (Å²) in [4.78, 5) is 7.01. The molecule has 1 aliphatic rings. The van der Waals surface area contributed by atoms with Crippen LogP contribution in [0.2, 0.25) is 5.02 Å². The van der Waals surface area contributed by atoms with Gasteiger partial charge in [-0.25, -0.2) is 0 Å². The molecular weight excluding hydrogens is 583 g/mol. The third-order valence-electron chi connectivity index (χ3n) is 7.04. The number of amidine groups is 1. The summed E-state index contributed by atoms with van der Waals surface area (Å²) in [5.74, 6) is 0.196. The van der Waals surface area contributed by atoms with Crippen molar-refractivity contribution in [1.82, 2.24) is 0 Å². The maximum Gasteiger partial charge on any atom is 0.284 e. The zero-order chi connectivity index (χ0) is 29.2. The quantitative estimate of drug-likeness (QED) is 0.164. The van der Waals surface area contributed by atoms with Crippen LogP contribution in [0, 0.1) is 0 Å². The van der Waals surface area contributed by atoms with E-state index in [1.54, 1.807) is 11.9 Å². The van der Waals surface area contributed by atoms with Crippen LogP contribution in [-0.4, -0.2) is 27.0 Å². The largest absolute Gasteiger partial charge is 0.326 e. The van der Waals surface area contributed by atoms with Crippen molar-refractivity contribution in [2.45, 2.75) is 4.90 Å². The first-order chi connectivity index (χ1) is 20.4. The van der Waals surface area contributed by atoms with E-state index < -0.39 is 17.1 Å². The number of anilines is 1. The fourth-order valence-electron chi connectivity index (χ4n) is 4.98. The Kier molecular flexibility index (Phi) is 7.65. The van der Waals surface area contributed by atoms with Crippen LogP contribution in [0.15, 0.2) is 159 Å². The van der Waals surface area contributed by atoms with E-state index in [4.69, 9.17) is 21.6 Å². The minimum absolute atomic E-state index is 0.0414. The zero-order valence-corrected chi connectivity index (χ0v) is 25.1. The molecule has 0 atom stereocenters. The Hall–Kier alpha value is -4.29. The van der Waals surface area contributed by atoms with Crippen molar-refractivity contribution in [3.63, 3.8) is 0 Å². The molecule has 0 spiro atoms. The van der Waals surface area contributed by atoms with E-state index in [0.717, 1.165) is 27.2 Å². The molecule has 1 aliphatic heterocycles. The van der Waals surface area contributed by atoms with Gasteiger partial charge in [0, 0.05) is 33.5 Å². The number of para-hydroxylation sites is 1. The van der Waals surface area contributed by atoms with Crippen LogP contribution in [0.5, 0.6) is 0 Å². The van der Waals surface area contributed by atoms with E-state index in [1.807, 2.05) is 78.9 Å². The third kappa shape index (κ3) is 5.12. The number of benzene rings is 5. The lowest BCUT2D eigenvalue weighted by Crippen LogP contribution is -2.28. The van der Waals surface area contributed by atoms with Crippen molar-refractivity contribution in [3.8, 4) is 0 Å². The summed E-state index contributed by atoms with van der Waals surface area (Å²) in [6.45, 7) is 0. The van der Waals surface area contributed by atoms with E-state index in [0.29, 0.717) is 10.7 Å². The highest BCUT2D eigenvalue weighted by Gasteiger charge is 2.33. The lowest BCUT2D eigenvalue weighted by Gasteiger charge is -2.25. The summed E-state index contributed by atoms with van der Waals surface area (Å²) in [5, 5.41) is 8.44. The first-order valence-electron chi connectivity index (χ1n) is 13.2. The second kappa shape index (κ2) is 11.5. The van der Waals surface area contributed by atoms with Crippen molar-refractivity contribution in [3.05, 3.63) is 150 Å². The number of sulfonamides is 1. The minimum atomic E-state index is -4.08. The fourth-order valence-corrected chi connectivity index (χ4v) is 9.37. The second-order valence-electron chi connectivity index (χ2n) is 9.60. The van der Waals surface area contributed by atoms with Crippen molar-refractivity contribution >= 4 is 61.8 Å².